The molecule has 1 unspecified atom stereocenters. The van der Waals surface area contributed by atoms with Gasteiger partial charge in [-0.05, 0) is 22.4 Å². The van der Waals surface area contributed by atoms with Crippen LogP contribution >= 0.6 is 0 Å². The molecule has 0 fully saturated rings. The zero-order chi connectivity index (χ0) is 16.7. The molecular weight excluding hydrogens is 298 g/mol. The van der Waals surface area contributed by atoms with E-state index < -0.39 is 0 Å². The molecule has 3 heteroatoms. The third-order valence-corrected chi connectivity index (χ3v) is 4.73. The van der Waals surface area contributed by atoms with Crippen molar-refractivity contribution in [2.45, 2.75) is 5.92 Å². The van der Waals surface area contributed by atoms with Crippen LogP contribution in [0.5, 0.6) is 0 Å². The van der Waals surface area contributed by atoms with Crippen LogP contribution in [0.2, 0.25) is 0 Å². The van der Waals surface area contributed by atoms with Gasteiger partial charge >= 0.3 is 0 Å². The highest BCUT2D eigenvalue weighted by Gasteiger charge is 2.33. The fourth-order valence-corrected chi connectivity index (χ4v) is 3.47. The molecule has 0 bridgehead atoms. The van der Waals surface area contributed by atoms with Crippen molar-refractivity contribution in [2.24, 2.45) is 0 Å². The summed E-state index contributed by atoms with van der Waals surface area (Å²) in [4.78, 5) is 27.8. The normalized spacial score (nSPS) is 17.7. The molecule has 1 aliphatic rings. The molecule has 0 spiro atoms. The molecule has 0 aromatic heterocycles. The molecule has 1 aliphatic heterocycles. The SMILES string of the molecule is CN1CC(c2ccccc2)C(=O)c2ccc3ccccc3c2C1=O. The fraction of sp³-hybridized carbons (Fsp3) is 0.143. The van der Waals surface area contributed by atoms with Crippen molar-refractivity contribution in [1.29, 1.82) is 0 Å². The quantitative estimate of drug-likeness (QED) is 0.683. The van der Waals surface area contributed by atoms with Crippen molar-refractivity contribution in [2.75, 3.05) is 13.6 Å². The largest absolute Gasteiger partial charge is 0.341 e. The van der Waals surface area contributed by atoms with E-state index >= 15 is 0 Å². The molecule has 3 nitrogen and oxygen atoms in total. The molecule has 4 rings (SSSR count). The van der Waals surface area contributed by atoms with Crippen LogP contribution < -0.4 is 0 Å². The average molecular weight is 315 g/mol. The maximum absolute atomic E-state index is 13.2. The van der Waals surface area contributed by atoms with Crippen LogP contribution in [0.15, 0.2) is 66.7 Å². The van der Waals surface area contributed by atoms with E-state index in [1.54, 1.807) is 18.0 Å². The van der Waals surface area contributed by atoms with Gasteiger partial charge in [0.1, 0.15) is 0 Å². The van der Waals surface area contributed by atoms with Crippen LogP contribution in [0.4, 0.5) is 0 Å². The Morgan fingerprint density at radius 1 is 0.875 bits per heavy atom. The highest BCUT2D eigenvalue weighted by Crippen LogP contribution is 2.32. The van der Waals surface area contributed by atoms with Gasteiger partial charge in [-0.3, -0.25) is 9.59 Å². The van der Waals surface area contributed by atoms with Gasteiger partial charge in [0.05, 0.1) is 11.5 Å². The van der Waals surface area contributed by atoms with E-state index in [4.69, 9.17) is 0 Å². The number of ketones is 1. The average Bonchev–Trinajstić information content (AvgIpc) is 2.73. The van der Waals surface area contributed by atoms with E-state index in [9.17, 15) is 9.59 Å². The zero-order valence-electron chi connectivity index (χ0n) is 13.4. The third-order valence-electron chi connectivity index (χ3n) is 4.73. The Morgan fingerprint density at radius 2 is 1.58 bits per heavy atom. The number of amides is 1. The van der Waals surface area contributed by atoms with E-state index in [1.165, 1.54) is 0 Å². The summed E-state index contributed by atoms with van der Waals surface area (Å²) in [7, 11) is 1.77. The van der Waals surface area contributed by atoms with Gasteiger partial charge in [-0.25, -0.2) is 0 Å². The Bertz CT molecular complexity index is 946. The zero-order valence-corrected chi connectivity index (χ0v) is 13.4. The summed E-state index contributed by atoms with van der Waals surface area (Å²) in [5.41, 5.74) is 2.00. The highest BCUT2D eigenvalue weighted by atomic mass is 16.2. The molecule has 1 atom stereocenters. The van der Waals surface area contributed by atoms with E-state index in [1.807, 2.05) is 60.7 Å². The van der Waals surface area contributed by atoms with Gasteiger partial charge in [0, 0.05) is 19.2 Å². The molecular formula is C21H17NO2. The summed E-state index contributed by atoms with van der Waals surface area (Å²) < 4.78 is 0. The number of benzene rings is 3. The van der Waals surface area contributed by atoms with Crippen molar-refractivity contribution in [3.05, 3.63) is 83.4 Å². The number of fused-ring (bicyclic) bond motifs is 3. The molecule has 0 N–H and O–H groups in total. The van der Waals surface area contributed by atoms with Gasteiger partial charge in [0.15, 0.2) is 5.78 Å². The minimum atomic E-state index is -0.331. The Hall–Kier alpha value is -2.94. The monoisotopic (exact) mass is 315 g/mol. The second-order valence-corrected chi connectivity index (χ2v) is 6.22. The maximum atomic E-state index is 13.2. The number of nitrogens with zero attached hydrogens (tertiary/aromatic N) is 1. The van der Waals surface area contributed by atoms with E-state index in [0.717, 1.165) is 16.3 Å². The van der Waals surface area contributed by atoms with Gasteiger partial charge in [0.25, 0.3) is 5.91 Å². The van der Waals surface area contributed by atoms with Gasteiger partial charge in [0.2, 0.25) is 0 Å². The fourth-order valence-electron chi connectivity index (χ4n) is 3.47. The van der Waals surface area contributed by atoms with Crippen molar-refractivity contribution in [3.63, 3.8) is 0 Å². The molecule has 0 aliphatic carbocycles. The third kappa shape index (κ3) is 2.21. The number of hydrogen-bond donors (Lipinski definition) is 0. The first-order valence-corrected chi connectivity index (χ1v) is 8.03. The first kappa shape index (κ1) is 14.6. The number of carbonyl (C=O) groups excluding carboxylic acids is 2. The molecule has 118 valence electrons. The van der Waals surface area contributed by atoms with Crippen molar-refractivity contribution in [3.8, 4) is 0 Å². The minimum absolute atomic E-state index is 0.0136. The Labute approximate surface area is 140 Å². The number of hydrogen-bond acceptors (Lipinski definition) is 2. The first-order valence-electron chi connectivity index (χ1n) is 8.03. The van der Waals surface area contributed by atoms with Crippen LogP contribution in [0, 0.1) is 0 Å². The minimum Gasteiger partial charge on any atom is -0.341 e. The van der Waals surface area contributed by atoms with Crippen LogP contribution in [-0.4, -0.2) is 30.2 Å². The highest BCUT2D eigenvalue weighted by molar-refractivity contribution is 6.18. The molecule has 1 amide bonds. The van der Waals surface area contributed by atoms with Crippen molar-refractivity contribution in [1.82, 2.24) is 4.90 Å². The predicted octanol–water partition coefficient (Wildman–Crippen LogP) is 3.89. The molecule has 3 aromatic rings. The lowest BCUT2D eigenvalue weighted by Gasteiger charge is -2.19. The number of rotatable bonds is 1. The summed E-state index contributed by atoms with van der Waals surface area (Å²) >= 11 is 0. The van der Waals surface area contributed by atoms with Crippen LogP contribution in [0.3, 0.4) is 0 Å². The Balaban J connectivity index is 1.96. The summed E-state index contributed by atoms with van der Waals surface area (Å²) in [5.74, 6) is -0.407. The first-order chi connectivity index (χ1) is 11.7. The Morgan fingerprint density at radius 3 is 2.38 bits per heavy atom. The van der Waals surface area contributed by atoms with E-state index in [2.05, 4.69) is 0 Å². The molecule has 24 heavy (non-hydrogen) atoms. The topological polar surface area (TPSA) is 37.4 Å². The van der Waals surface area contributed by atoms with Crippen molar-refractivity contribution < 1.29 is 9.59 Å². The predicted molar refractivity (Wildman–Crippen MR) is 94.4 cm³/mol. The molecule has 0 radical (unpaired) electrons. The van der Waals surface area contributed by atoms with Crippen LogP contribution in [0.1, 0.15) is 32.2 Å². The van der Waals surface area contributed by atoms with E-state index in [0.29, 0.717) is 17.7 Å². The molecule has 0 saturated carbocycles. The second kappa shape index (κ2) is 5.60. The number of carbonyl (C=O) groups is 2. The van der Waals surface area contributed by atoms with Gasteiger partial charge in [-0.2, -0.15) is 0 Å². The van der Waals surface area contributed by atoms with Crippen molar-refractivity contribution >= 4 is 22.5 Å². The van der Waals surface area contributed by atoms with Gasteiger partial charge in [-0.1, -0.05) is 60.7 Å². The number of likely N-dealkylation sites (N-methyl/N-ethyl adjacent to an activating group) is 1. The number of Topliss-reactive ketones (excluding diaryl/α,β-unsaturated/α-hetero) is 1. The lowest BCUT2D eigenvalue weighted by molar-refractivity contribution is 0.0790. The summed E-state index contributed by atoms with van der Waals surface area (Å²) in [6.45, 7) is 0.394. The Kier molecular flexibility index (Phi) is 3.42. The summed E-state index contributed by atoms with van der Waals surface area (Å²) in [6, 6.07) is 21.1. The smallest absolute Gasteiger partial charge is 0.254 e. The second-order valence-electron chi connectivity index (χ2n) is 6.22. The van der Waals surface area contributed by atoms with Gasteiger partial charge in [-0.15, -0.1) is 0 Å². The maximum Gasteiger partial charge on any atom is 0.254 e. The molecule has 1 heterocycles. The molecule has 3 aromatic carbocycles. The van der Waals surface area contributed by atoms with Gasteiger partial charge < -0.3 is 4.90 Å². The summed E-state index contributed by atoms with van der Waals surface area (Å²) in [5, 5.41) is 1.82. The lowest BCUT2D eigenvalue weighted by atomic mass is 9.88. The summed E-state index contributed by atoms with van der Waals surface area (Å²) in [6.07, 6.45) is 0. The lowest BCUT2D eigenvalue weighted by Crippen LogP contribution is -2.30. The van der Waals surface area contributed by atoms with Crippen LogP contribution in [0.25, 0.3) is 10.8 Å². The molecule has 0 saturated heterocycles. The van der Waals surface area contributed by atoms with E-state index in [-0.39, 0.29) is 17.6 Å². The van der Waals surface area contributed by atoms with Crippen LogP contribution in [-0.2, 0) is 0 Å². The standard InChI is InChI=1S/C21H17NO2/c1-22-13-18(14-7-3-2-4-8-14)20(23)17-12-11-15-9-5-6-10-16(15)19(17)21(22)24/h2-12,18H,13H2,1H3.